The van der Waals surface area contributed by atoms with Gasteiger partial charge < -0.3 is 15.8 Å². The largest absolute Gasteiger partial charge is 0.481 e. The van der Waals surface area contributed by atoms with Crippen LogP contribution >= 0.6 is 0 Å². The minimum absolute atomic E-state index is 0.133. The standard InChI is InChI=1S/C14H17N3O/c1-10(11-5-3-6-12(15)9-11)16-13-7-4-8-14(17-13)18-2/h3-10H,15H2,1-2H3,(H,16,17). The minimum atomic E-state index is 0.133. The van der Waals surface area contributed by atoms with Crippen molar-refractivity contribution in [3.63, 3.8) is 0 Å². The second-order valence-corrected chi connectivity index (χ2v) is 4.10. The first-order valence-corrected chi connectivity index (χ1v) is 5.82. The highest BCUT2D eigenvalue weighted by Gasteiger charge is 2.06. The number of nitrogens with two attached hydrogens (primary N) is 1. The lowest BCUT2D eigenvalue weighted by atomic mass is 10.1. The molecule has 0 radical (unpaired) electrons. The molecule has 0 aliphatic rings. The Labute approximate surface area is 107 Å². The molecule has 0 bridgehead atoms. The van der Waals surface area contributed by atoms with Gasteiger partial charge in [-0.05, 0) is 30.7 Å². The summed E-state index contributed by atoms with van der Waals surface area (Å²) in [5.74, 6) is 1.38. The molecular weight excluding hydrogens is 226 g/mol. The Bertz CT molecular complexity index is 528. The highest BCUT2D eigenvalue weighted by atomic mass is 16.5. The number of aromatic nitrogens is 1. The van der Waals surface area contributed by atoms with Crippen molar-refractivity contribution in [1.29, 1.82) is 0 Å². The number of nitrogen functional groups attached to an aromatic ring is 1. The number of pyridine rings is 1. The van der Waals surface area contributed by atoms with Crippen molar-refractivity contribution in [1.82, 2.24) is 4.98 Å². The molecule has 0 amide bonds. The normalized spacial score (nSPS) is 11.9. The summed E-state index contributed by atoms with van der Waals surface area (Å²) in [6.07, 6.45) is 0. The molecule has 0 aliphatic carbocycles. The first-order valence-electron chi connectivity index (χ1n) is 5.82. The first kappa shape index (κ1) is 12.2. The van der Waals surface area contributed by atoms with Crippen LogP contribution in [0.1, 0.15) is 18.5 Å². The zero-order valence-electron chi connectivity index (χ0n) is 10.6. The summed E-state index contributed by atoms with van der Waals surface area (Å²) in [6, 6.07) is 13.6. The fourth-order valence-corrected chi connectivity index (χ4v) is 1.74. The van der Waals surface area contributed by atoms with Gasteiger partial charge in [-0.3, -0.25) is 0 Å². The molecule has 1 heterocycles. The SMILES string of the molecule is COc1cccc(NC(C)c2cccc(N)c2)n1. The van der Waals surface area contributed by atoms with E-state index in [9.17, 15) is 0 Å². The summed E-state index contributed by atoms with van der Waals surface area (Å²) < 4.78 is 5.09. The first-order chi connectivity index (χ1) is 8.69. The number of benzene rings is 1. The van der Waals surface area contributed by atoms with Gasteiger partial charge in [0.15, 0.2) is 0 Å². The van der Waals surface area contributed by atoms with Gasteiger partial charge in [-0.25, -0.2) is 0 Å². The van der Waals surface area contributed by atoms with Crippen LogP contribution in [0.4, 0.5) is 11.5 Å². The molecule has 2 rings (SSSR count). The number of hydrogen-bond acceptors (Lipinski definition) is 4. The van der Waals surface area contributed by atoms with Crippen molar-refractivity contribution in [3.05, 3.63) is 48.0 Å². The average Bonchev–Trinajstić information content (AvgIpc) is 2.39. The molecule has 1 unspecified atom stereocenters. The van der Waals surface area contributed by atoms with E-state index in [1.165, 1.54) is 0 Å². The summed E-state index contributed by atoms with van der Waals surface area (Å²) in [4.78, 5) is 4.31. The fraction of sp³-hybridized carbons (Fsp3) is 0.214. The molecule has 0 saturated carbocycles. The summed E-state index contributed by atoms with van der Waals surface area (Å²) in [5.41, 5.74) is 7.66. The predicted molar refractivity (Wildman–Crippen MR) is 73.7 cm³/mol. The van der Waals surface area contributed by atoms with Gasteiger partial charge in [0.25, 0.3) is 0 Å². The monoisotopic (exact) mass is 243 g/mol. The Morgan fingerprint density at radius 2 is 2.00 bits per heavy atom. The molecular formula is C14H17N3O. The van der Waals surface area contributed by atoms with Crippen LogP contribution in [0.2, 0.25) is 0 Å². The second kappa shape index (κ2) is 5.40. The second-order valence-electron chi connectivity index (χ2n) is 4.10. The number of hydrogen-bond donors (Lipinski definition) is 2. The van der Waals surface area contributed by atoms with Crippen LogP contribution in [0, 0.1) is 0 Å². The van der Waals surface area contributed by atoms with Crippen molar-refractivity contribution in [2.75, 3.05) is 18.2 Å². The smallest absolute Gasteiger partial charge is 0.214 e. The van der Waals surface area contributed by atoms with Crippen molar-refractivity contribution in [3.8, 4) is 5.88 Å². The summed E-state index contributed by atoms with van der Waals surface area (Å²) in [5, 5.41) is 3.31. The van der Waals surface area contributed by atoms with Crippen LogP contribution < -0.4 is 15.8 Å². The molecule has 3 N–H and O–H groups in total. The average molecular weight is 243 g/mol. The van der Waals surface area contributed by atoms with Crippen LogP contribution in [0.3, 0.4) is 0 Å². The van der Waals surface area contributed by atoms with E-state index in [1.54, 1.807) is 7.11 Å². The Balaban J connectivity index is 2.13. The van der Waals surface area contributed by atoms with Crippen molar-refractivity contribution in [2.24, 2.45) is 0 Å². The molecule has 0 fully saturated rings. The van der Waals surface area contributed by atoms with Gasteiger partial charge >= 0.3 is 0 Å². The van der Waals surface area contributed by atoms with Gasteiger partial charge in [-0.2, -0.15) is 4.98 Å². The minimum Gasteiger partial charge on any atom is -0.481 e. The molecule has 1 aromatic heterocycles. The van der Waals surface area contributed by atoms with Gasteiger partial charge in [-0.15, -0.1) is 0 Å². The van der Waals surface area contributed by atoms with Crippen LogP contribution in [-0.4, -0.2) is 12.1 Å². The molecule has 1 atom stereocenters. The van der Waals surface area contributed by atoms with E-state index in [0.717, 1.165) is 17.1 Å². The maximum atomic E-state index is 5.77. The lowest BCUT2D eigenvalue weighted by Crippen LogP contribution is -2.08. The summed E-state index contributed by atoms with van der Waals surface area (Å²) in [6.45, 7) is 2.07. The number of nitrogens with one attached hydrogen (secondary N) is 1. The Morgan fingerprint density at radius 1 is 1.22 bits per heavy atom. The van der Waals surface area contributed by atoms with Crippen LogP contribution in [0.5, 0.6) is 5.88 Å². The third kappa shape index (κ3) is 2.91. The molecule has 0 saturated heterocycles. The highest BCUT2D eigenvalue weighted by Crippen LogP contribution is 2.20. The number of nitrogens with zero attached hydrogens (tertiary/aromatic N) is 1. The maximum absolute atomic E-state index is 5.77. The zero-order chi connectivity index (χ0) is 13.0. The van der Waals surface area contributed by atoms with E-state index < -0.39 is 0 Å². The molecule has 4 heteroatoms. The molecule has 0 spiro atoms. The molecule has 4 nitrogen and oxygen atoms in total. The molecule has 1 aromatic carbocycles. The maximum Gasteiger partial charge on any atom is 0.214 e. The van der Waals surface area contributed by atoms with Crippen LogP contribution in [0.15, 0.2) is 42.5 Å². The Morgan fingerprint density at radius 3 is 2.72 bits per heavy atom. The number of ether oxygens (including phenoxy) is 1. The Hall–Kier alpha value is -2.23. The molecule has 94 valence electrons. The number of rotatable bonds is 4. The van der Waals surface area contributed by atoms with E-state index in [-0.39, 0.29) is 6.04 Å². The Kier molecular flexibility index (Phi) is 3.67. The van der Waals surface area contributed by atoms with Crippen molar-refractivity contribution < 1.29 is 4.74 Å². The lowest BCUT2D eigenvalue weighted by Gasteiger charge is -2.15. The highest BCUT2D eigenvalue weighted by molar-refractivity contribution is 5.45. The van der Waals surface area contributed by atoms with Gasteiger partial charge in [0.2, 0.25) is 5.88 Å². The molecule has 2 aromatic rings. The van der Waals surface area contributed by atoms with Gasteiger partial charge in [0, 0.05) is 11.8 Å². The summed E-state index contributed by atoms with van der Waals surface area (Å²) >= 11 is 0. The van der Waals surface area contributed by atoms with Gasteiger partial charge in [0.1, 0.15) is 5.82 Å². The van der Waals surface area contributed by atoms with Crippen molar-refractivity contribution in [2.45, 2.75) is 13.0 Å². The van der Waals surface area contributed by atoms with E-state index in [1.807, 2.05) is 42.5 Å². The van der Waals surface area contributed by atoms with Gasteiger partial charge in [-0.1, -0.05) is 18.2 Å². The number of anilines is 2. The third-order valence-electron chi connectivity index (χ3n) is 2.71. The lowest BCUT2D eigenvalue weighted by molar-refractivity contribution is 0.398. The molecule has 18 heavy (non-hydrogen) atoms. The summed E-state index contributed by atoms with van der Waals surface area (Å²) in [7, 11) is 1.60. The van der Waals surface area contributed by atoms with E-state index in [4.69, 9.17) is 10.5 Å². The van der Waals surface area contributed by atoms with E-state index in [2.05, 4.69) is 17.2 Å². The molecule has 0 aliphatic heterocycles. The van der Waals surface area contributed by atoms with E-state index in [0.29, 0.717) is 5.88 Å². The fourth-order valence-electron chi connectivity index (χ4n) is 1.74. The van der Waals surface area contributed by atoms with E-state index >= 15 is 0 Å². The van der Waals surface area contributed by atoms with Crippen LogP contribution in [0.25, 0.3) is 0 Å². The van der Waals surface area contributed by atoms with Gasteiger partial charge in [0.05, 0.1) is 13.2 Å². The predicted octanol–water partition coefficient (Wildman–Crippen LogP) is 2.85. The van der Waals surface area contributed by atoms with Crippen molar-refractivity contribution >= 4 is 11.5 Å². The zero-order valence-corrected chi connectivity index (χ0v) is 10.6. The quantitative estimate of drug-likeness (QED) is 0.811. The third-order valence-corrected chi connectivity index (χ3v) is 2.71. The topological polar surface area (TPSA) is 60.2 Å². The van der Waals surface area contributed by atoms with Crippen LogP contribution in [-0.2, 0) is 0 Å². The number of methoxy groups -OCH3 is 1.